The molecule has 2 aromatic rings. The number of halogens is 3. The zero-order chi connectivity index (χ0) is 22.1. The zero-order valence-electron chi connectivity index (χ0n) is 16.1. The van der Waals surface area contributed by atoms with E-state index in [1.165, 1.54) is 12.1 Å². The molecule has 0 aliphatic rings. The first-order valence-electron chi connectivity index (χ1n) is 9.06. The highest BCUT2D eigenvalue weighted by Gasteiger charge is 2.31. The molecular weight excluding hydrogens is 399 g/mol. The van der Waals surface area contributed by atoms with Gasteiger partial charge in [0.1, 0.15) is 18.3 Å². The molecule has 0 aliphatic carbocycles. The number of hydrogen-bond donors (Lipinski definition) is 2. The smallest absolute Gasteiger partial charge is 0.406 e. The molecule has 158 valence electrons. The topological polar surface area (TPSA) is 91.2 Å². The fraction of sp³-hybridized carbons (Fsp3) is 0.286. The highest BCUT2D eigenvalue weighted by atomic mass is 19.4. The Morgan fingerprint density at radius 3 is 2.30 bits per heavy atom. The van der Waals surface area contributed by atoms with Crippen LogP contribution in [-0.4, -0.2) is 30.8 Å². The van der Waals surface area contributed by atoms with Crippen LogP contribution in [0.25, 0.3) is 0 Å². The maximum atomic E-state index is 12.5. The van der Waals surface area contributed by atoms with Gasteiger partial charge < -0.3 is 15.4 Å². The van der Waals surface area contributed by atoms with Gasteiger partial charge in [-0.15, -0.1) is 13.2 Å². The van der Waals surface area contributed by atoms with Gasteiger partial charge in [0.2, 0.25) is 5.91 Å². The molecule has 30 heavy (non-hydrogen) atoms. The molecule has 2 aromatic carbocycles. The molecule has 0 radical (unpaired) electrons. The van der Waals surface area contributed by atoms with E-state index in [9.17, 15) is 22.8 Å². The minimum Gasteiger partial charge on any atom is -0.406 e. The summed E-state index contributed by atoms with van der Waals surface area (Å²) >= 11 is 0. The van der Waals surface area contributed by atoms with E-state index >= 15 is 0 Å². The number of amides is 2. The lowest BCUT2D eigenvalue weighted by Gasteiger charge is -2.22. The second-order valence-electron chi connectivity index (χ2n) is 6.52. The molecule has 2 amide bonds. The number of carbonyl (C=O) groups is 2. The number of nitrogens with zero attached hydrogens (tertiary/aromatic N) is 1. The quantitative estimate of drug-likeness (QED) is 0.641. The first kappa shape index (κ1) is 22.7. The largest absolute Gasteiger partial charge is 0.573 e. The maximum Gasteiger partial charge on any atom is 0.573 e. The molecule has 2 rings (SSSR count). The molecule has 0 aromatic heterocycles. The molecule has 0 unspecified atom stereocenters. The SMILES string of the molecule is C[C@@H](C[C@H](NC(=O)c1ccc(OC(F)(F)F)cc1)C(=O)NCC#N)c1ccccc1. The van der Waals surface area contributed by atoms with Crippen molar-refractivity contribution in [1.29, 1.82) is 5.26 Å². The summed E-state index contributed by atoms with van der Waals surface area (Å²) in [4.78, 5) is 25.0. The van der Waals surface area contributed by atoms with Gasteiger partial charge in [-0.3, -0.25) is 9.59 Å². The normalized spacial score (nSPS) is 12.9. The molecular formula is C21H20F3N3O3. The second-order valence-corrected chi connectivity index (χ2v) is 6.52. The third-order valence-corrected chi connectivity index (χ3v) is 4.27. The predicted octanol–water partition coefficient (Wildman–Crippen LogP) is 3.52. The Labute approximate surface area is 171 Å². The Kier molecular flexibility index (Phi) is 7.81. The van der Waals surface area contributed by atoms with Crippen molar-refractivity contribution in [1.82, 2.24) is 10.6 Å². The van der Waals surface area contributed by atoms with Crippen LogP contribution >= 0.6 is 0 Å². The summed E-state index contributed by atoms with van der Waals surface area (Å²) in [5.41, 5.74) is 1.04. The van der Waals surface area contributed by atoms with E-state index in [0.717, 1.165) is 17.7 Å². The lowest BCUT2D eigenvalue weighted by Crippen LogP contribution is -2.47. The first-order chi connectivity index (χ1) is 14.2. The fourth-order valence-electron chi connectivity index (χ4n) is 2.80. The number of benzene rings is 2. The van der Waals surface area contributed by atoms with Crippen molar-refractivity contribution in [2.45, 2.75) is 31.7 Å². The van der Waals surface area contributed by atoms with Gasteiger partial charge >= 0.3 is 6.36 Å². The molecule has 0 saturated heterocycles. The lowest BCUT2D eigenvalue weighted by molar-refractivity contribution is -0.274. The summed E-state index contributed by atoms with van der Waals surface area (Å²) in [6.07, 6.45) is -4.57. The third kappa shape index (κ3) is 7.13. The average Bonchev–Trinajstić information content (AvgIpc) is 2.71. The van der Waals surface area contributed by atoms with Crippen molar-refractivity contribution in [2.75, 3.05) is 6.54 Å². The molecule has 0 bridgehead atoms. The molecule has 6 nitrogen and oxygen atoms in total. The van der Waals surface area contributed by atoms with Gasteiger partial charge in [0.25, 0.3) is 5.91 Å². The minimum atomic E-state index is -4.83. The second kappa shape index (κ2) is 10.3. The number of nitriles is 1. The number of nitrogens with one attached hydrogen (secondary N) is 2. The van der Waals surface area contributed by atoms with Gasteiger partial charge in [-0.2, -0.15) is 5.26 Å². The van der Waals surface area contributed by atoms with E-state index in [1.54, 1.807) is 6.07 Å². The average molecular weight is 419 g/mol. The Hall–Kier alpha value is -3.54. The van der Waals surface area contributed by atoms with Gasteiger partial charge in [-0.05, 0) is 42.2 Å². The highest BCUT2D eigenvalue weighted by molar-refractivity contribution is 5.97. The van der Waals surface area contributed by atoms with Crippen LogP contribution in [0.15, 0.2) is 54.6 Å². The monoisotopic (exact) mass is 419 g/mol. The molecule has 2 N–H and O–H groups in total. The minimum absolute atomic E-state index is 0.0648. The molecule has 0 fully saturated rings. The predicted molar refractivity (Wildman–Crippen MR) is 102 cm³/mol. The standard InChI is InChI=1S/C21H20F3N3O3/c1-14(15-5-3-2-4-6-15)13-18(20(29)26-12-11-25)27-19(28)16-7-9-17(10-8-16)30-21(22,23)24/h2-10,14,18H,12-13H2,1H3,(H,26,29)(H,27,28)/t14-,18-/m0/s1. The van der Waals surface area contributed by atoms with Crippen molar-refractivity contribution in [3.8, 4) is 11.8 Å². The molecule has 0 heterocycles. The van der Waals surface area contributed by atoms with Gasteiger partial charge in [-0.25, -0.2) is 0 Å². The number of rotatable bonds is 8. The van der Waals surface area contributed by atoms with Crippen LogP contribution in [0, 0.1) is 11.3 Å². The zero-order valence-corrected chi connectivity index (χ0v) is 16.1. The molecule has 2 atom stereocenters. The number of alkyl halides is 3. The maximum absolute atomic E-state index is 12.5. The molecule has 0 spiro atoms. The van der Waals surface area contributed by atoms with E-state index in [2.05, 4.69) is 15.4 Å². The summed E-state index contributed by atoms with van der Waals surface area (Å²) in [7, 11) is 0. The molecule has 0 aliphatic heterocycles. The fourth-order valence-corrected chi connectivity index (χ4v) is 2.80. The Bertz CT molecular complexity index is 894. The summed E-state index contributed by atoms with van der Waals surface area (Å²) in [6.45, 7) is 1.68. The van der Waals surface area contributed by atoms with Crippen molar-refractivity contribution >= 4 is 11.8 Å². The van der Waals surface area contributed by atoms with Crippen LogP contribution in [0.1, 0.15) is 35.2 Å². The summed E-state index contributed by atoms with van der Waals surface area (Å²) in [5.74, 6) is -1.69. The van der Waals surface area contributed by atoms with E-state index < -0.39 is 30.0 Å². The Morgan fingerprint density at radius 2 is 1.73 bits per heavy atom. The van der Waals surface area contributed by atoms with Gasteiger partial charge in [-0.1, -0.05) is 37.3 Å². The van der Waals surface area contributed by atoms with Crippen LogP contribution in [0.4, 0.5) is 13.2 Å². The van der Waals surface area contributed by atoms with Crippen molar-refractivity contribution in [3.05, 3.63) is 65.7 Å². The Balaban J connectivity index is 2.11. The number of hydrogen-bond acceptors (Lipinski definition) is 4. The number of ether oxygens (including phenoxy) is 1. The van der Waals surface area contributed by atoms with Crippen molar-refractivity contribution < 1.29 is 27.5 Å². The highest BCUT2D eigenvalue weighted by Crippen LogP contribution is 2.23. The van der Waals surface area contributed by atoms with E-state index in [1.807, 2.05) is 37.3 Å². The van der Waals surface area contributed by atoms with E-state index in [-0.39, 0.29) is 24.4 Å². The summed E-state index contributed by atoms with van der Waals surface area (Å²) < 4.78 is 40.5. The van der Waals surface area contributed by atoms with Crippen LogP contribution in [-0.2, 0) is 4.79 Å². The number of carbonyl (C=O) groups excluding carboxylic acids is 2. The molecule has 0 saturated carbocycles. The van der Waals surface area contributed by atoms with E-state index in [4.69, 9.17) is 5.26 Å². The lowest BCUT2D eigenvalue weighted by atomic mass is 9.93. The summed E-state index contributed by atoms with van der Waals surface area (Å²) in [5, 5.41) is 13.7. The first-order valence-corrected chi connectivity index (χ1v) is 9.06. The van der Waals surface area contributed by atoms with E-state index in [0.29, 0.717) is 0 Å². The van der Waals surface area contributed by atoms with Crippen LogP contribution in [0.2, 0.25) is 0 Å². The van der Waals surface area contributed by atoms with Gasteiger partial charge in [0.05, 0.1) is 6.07 Å². The van der Waals surface area contributed by atoms with Crippen molar-refractivity contribution in [2.24, 2.45) is 0 Å². The van der Waals surface area contributed by atoms with Crippen LogP contribution in [0.5, 0.6) is 5.75 Å². The van der Waals surface area contributed by atoms with Crippen LogP contribution < -0.4 is 15.4 Å². The summed E-state index contributed by atoms with van der Waals surface area (Å²) in [6, 6.07) is 14.6. The van der Waals surface area contributed by atoms with Crippen molar-refractivity contribution in [3.63, 3.8) is 0 Å². The Morgan fingerprint density at radius 1 is 1.10 bits per heavy atom. The van der Waals surface area contributed by atoms with Crippen LogP contribution in [0.3, 0.4) is 0 Å². The van der Waals surface area contributed by atoms with Gasteiger partial charge in [0.15, 0.2) is 0 Å². The molecule has 9 heteroatoms. The van der Waals surface area contributed by atoms with Gasteiger partial charge in [0, 0.05) is 5.56 Å². The third-order valence-electron chi connectivity index (χ3n) is 4.27.